The second-order valence-corrected chi connectivity index (χ2v) is 9.65. The summed E-state index contributed by atoms with van der Waals surface area (Å²) in [5.41, 5.74) is 3.47. The zero-order valence-electron chi connectivity index (χ0n) is 18.8. The molecule has 0 saturated carbocycles. The predicted molar refractivity (Wildman–Crippen MR) is 124 cm³/mol. The number of hydrogen-bond acceptors (Lipinski definition) is 3. The topological polar surface area (TPSA) is 58.6 Å². The number of likely N-dealkylation sites (tertiary alicyclic amines) is 1. The van der Waals surface area contributed by atoms with Crippen molar-refractivity contribution in [3.05, 3.63) is 65.2 Å². The van der Waals surface area contributed by atoms with Crippen molar-refractivity contribution in [3.8, 4) is 5.75 Å². The molecule has 2 amide bonds. The van der Waals surface area contributed by atoms with Crippen LogP contribution in [0.25, 0.3) is 0 Å². The van der Waals surface area contributed by atoms with E-state index in [2.05, 4.69) is 35.6 Å². The number of carbonyl (C=O) groups excluding carboxylic acids is 2. The van der Waals surface area contributed by atoms with Gasteiger partial charge >= 0.3 is 0 Å². The van der Waals surface area contributed by atoms with Crippen LogP contribution >= 0.6 is 0 Å². The third-order valence-corrected chi connectivity index (χ3v) is 7.56. The molecule has 0 bridgehead atoms. The number of fused-ring (bicyclic) bond motifs is 2. The van der Waals surface area contributed by atoms with Gasteiger partial charge in [-0.3, -0.25) is 9.59 Å². The van der Waals surface area contributed by atoms with Gasteiger partial charge in [0.25, 0.3) is 0 Å². The van der Waals surface area contributed by atoms with E-state index in [-0.39, 0.29) is 29.4 Å². The summed E-state index contributed by atoms with van der Waals surface area (Å²) in [5, 5.41) is 3.33. The summed E-state index contributed by atoms with van der Waals surface area (Å²) in [4.78, 5) is 26.9. The van der Waals surface area contributed by atoms with Crippen molar-refractivity contribution < 1.29 is 14.3 Å². The number of rotatable bonds is 3. The van der Waals surface area contributed by atoms with E-state index in [9.17, 15) is 9.59 Å². The second-order valence-electron chi connectivity index (χ2n) is 9.65. The standard InChI is InChI=1S/C27H32N2O3/c1-19(30)29-15-13-27(14-16-29)18-21(23-10-4-5-12-25(23)32-27)17-26(31)28-24-11-6-8-20-7-2-3-9-22(20)24/h2-5,7,9-10,12,21,24H,6,8,11,13-18H2,1H3,(H,28,31)/t21-,24-/m0/s1. The van der Waals surface area contributed by atoms with Gasteiger partial charge in [-0.25, -0.2) is 0 Å². The molecule has 1 fully saturated rings. The molecule has 0 unspecified atom stereocenters. The Labute approximate surface area is 190 Å². The average Bonchev–Trinajstić information content (AvgIpc) is 2.79. The molecule has 2 aromatic carbocycles. The highest BCUT2D eigenvalue weighted by atomic mass is 16.5. The van der Waals surface area contributed by atoms with Gasteiger partial charge < -0.3 is 15.0 Å². The van der Waals surface area contributed by atoms with Crippen LogP contribution in [0, 0.1) is 0 Å². The minimum absolute atomic E-state index is 0.107. The van der Waals surface area contributed by atoms with Crippen LogP contribution in [0.15, 0.2) is 48.5 Å². The molecule has 2 aromatic rings. The first-order valence-corrected chi connectivity index (χ1v) is 11.9. The van der Waals surface area contributed by atoms with Gasteiger partial charge in [0.1, 0.15) is 11.4 Å². The van der Waals surface area contributed by atoms with Gasteiger partial charge in [-0.15, -0.1) is 0 Å². The molecule has 32 heavy (non-hydrogen) atoms. The first-order chi connectivity index (χ1) is 15.5. The molecule has 2 heterocycles. The highest BCUT2D eigenvalue weighted by Crippen LogP contribution is 2.46. The molecule has 1 aliphatic carbocycles. The van der Waals surface area contributed by atoms with Crippen LogP contribution in [0.1, 0.15) is 74.1 Å². The first-order valence-electron chi connectivity index (χ1n) is 11.9. The molecule has 2 aliphatic heterocycles. The summed E-state index contributed by atoms with van der Waals surface area (Å²) < 4.78 is 6.53. The minimum atomic E-state index is -0.289. The van der Waals surface area contributed by atoms with Crippen LogP contribution in [0.5, 0.6) is 5.75 Å². The Morgan fingerprint density at radius 2 is 1.78 bits per heavy atom. The van der Waals surface area contributed by atoms with Crippen molar-refractivity contribution in [3.63, 3.8) is 0 Å². The highest BCUT2D eigenvalue weighted by molar-refractivity contribution is 5.78. The van der Waals surface area contributed by atoms with E-state index >= 15 is 0 Å². The molecular formula is C27H32N2O3. The number of aryl methyl sites for hydroxylation is 1. The lowest BCUT2D eigenvalue weighted by molar-refractivity contribution is -0.132. The minimum Gasteiger partial charge on any atom is -0.487 e. The number of carbonyl (C=O) groups is 2. The van der Waals surface area contributed by atoms with E-state index in [0.717, 1.165) is 62.9 Å². The quantitative estimate of drug-likeness (QED) is 0.776. The van der Waals surface area contributed by atoms with E-state index in [0.29, 0.717) is 6.42 Å². The summed E-state index contributed by atoms with van der Waals surface area (Å²) in [7, 11) is 0. The number of amides is 2. The number of nitrogens with one attached hydrogen (secondary N) is 1. The predicted octanol–water partition coefficient (Wildman–Crippen LogP) is 4.52. The van der Waals surface area contributed by atoms with Gasteiger partial charge in [-0.05, 0) is 48.4 Å². The fourth-order valence-electron chi connectivity index (χ4n) is 5.84. The Bertz CT molecular complexity index is 1010. The van der Waals surface area contributed by atoms with Gasteiger partial charge in [-0.2, -0.15) is 0 Å². The van der Waals surface area contributed by atoms with Gasteiger partial charge in [0.2, 0.25) is 11.8 Å². The Kier molecular flexibility index (Phi) is 5.66. The number of ether oxygens (including phenoxy) is 1. The molecule has 2 atom stereocenters. The van der Waals surface area contributed by atoms with Crippen molar-refractivity contribution >= 4 is 11.8 Å². The molecule has 5 rings (SSSR count). The molecule has 3 aliphatic rings. The summed E-state index contributed by atoms with van der Waals surface area (Å²) in [6.45, 7) is 3.07. The van der Waals surface area contributed by atoms with Crippen LogP contribution in [-0.2, 0) is 16.0 Å². The highest BCUT2D eigenvalue weighted by Gasteiger charge is 2.44. The summed E-state index contributed by atoms with van der Waals surface area (Å²) in [5.74, 6) is 1.27. The molecule has 168 valence electrons. The van der Waals surface area contributed by atoms with E-state index in [4.69, 9.17) is 4.74 Å². The summed E-state index contributed by atoms with van der Waals surface area (Å²) in [6.07, 6.45) is 6.12. The Morgan fingerprint density at radius 3 is 2.56 bits per heavy atom. The molecular weight excluding hydrogens is 400 g/mol. The fraction of sp³-hybridized carbons (Fsp3) is 0.481. The Balaban J connectivity index is 1.32. The zero-order chi connectivity index (χ0) is 22.1. The maximum Gasteiger partial charge on any atom is 0.221 e. The van der Waals surface area contributed by atoms with Crippen molar-refractivity contribution in [2.45, 2.75) is 69.4 Å². The van der Waals surface area contributed by atoms with Gasteiger partial charge in [0, 0.05) is 45.2 Å². The normalized spacial score (nSPS) is 23.6. The molecule has 5 heteroatoms. The third kappa shape index (κ3) is 4.13. The maximum atomic E-state index is 13.2. The lowest BCUT2D eigenvalue weighted by Crippen LogP contribution is -2.51. The summed E-state index contributed by atoms with van der Waals surface area (Å²) >= 11 is 0. The molecule has 0 radical (unpaired) electrons. The third-order valence-electron chi connectivity index (χ3n) is 7.56. The molecule has 1 saturated heterocycles. The largest absolute Gasteiger partial charge is 0.487 e. The van der Waals surface area contributed by atoms with Crippen LogP contribution in [0.2, 0.25) is 0 Å². The van der Waals surface area contributed by atoms with Gasteiger partial charge in [-0.1, -0.05) is 42.5 Å². The molecule has 1 N–H and O–H groups in total. The van der Waals surface area contributed by atoms with Crippen molar-refractivity contribution in [2.24, 2.45) is 0 Å². The van der Waals surface area contributed by atoms with E-state index in [1.807, 2.05) is 23.1 Å². The average molecular weight is 433 g/mol. The lowest BCUT2D eigenvalue weighted by Gasteiger charge is -2.46. The lowest BCUT2D eigenvalue weighted by atomic mass is 9.76. The van der Waals surface area contributed by atoms with Crippen molar-refractivity contribution in [2.75, 3.05) is 13.1 Å². The summed E-state index contributed by atoms with van der Waals surface area (Å²) in [6, 6.07) is 16.7. The molecule has 1 spiro atoms. The van der Waals surface area contributed by atoms with Gasteiger partial charge in [0.15, 0.2) is 0 Å². The van der Waals surface area contributed by atoms with Crippen LogP contribution < -0.4 is 10.1 Å². The SMILES string of the molecule is CC(=O)N1CCC2(CC1)C[C@H](CC(=O)N[C@H]1CCCc3ccccc31)c1ccccc1O2. The van der Waals surface area contributed by atoms with Crippen LogP contribution in [-0.4, -0.2) is 35.4 Å². The second kappa shape index (κ2) is 8.61. The molecule has 5 nitrogen and oxygen atoms in total. The van der Waals surface area contributed by atoms with E-state index in [1.165, 1.54) is 11.1 Å². The van der Waals surface area contributed by atoms with Gasteiger partial charge in [0.05, 0.1) is 6.04 Å². The first kappa shape index (κ1) is 21.0. The smallest absolute Gasteiger partial charge is 0.221 e. The van der Waals surface area contributed by atoms with Crippen LogP contribution in [0.4, 0.5) is 0 Å². The van der Waals surface area contributed by atoms with Crippen molar-refractivity contribution in [1.82, 2.24) is 10.2 Å². The number of nitrogens with zero attached hydrogens (tertiary/aromatic N) is 1. The number of piperidine rings is 1. The van der Waals surface area contributed by atoms with E-state index in [1.54, 1.807) is 6.92 Å². The fourth-order valence-corrected chi connectivity index (χ4v) is 5.84. The number of benzene rings is 2. The molecule has 0 aromatic heterocycles. The monoisotopic (exact) mass is 432 g/mol. The van der Waals surface area contributed by atoms with Crippen LogP contribution in [0.3, 0.4) is 0 Å². The zero-order valence-corrected chi connectivity index (χ0v) is 18.8. The number of para-hydroxylation sites is 1. The Hall–Kier alpha value is -2.82. The van der Waals surface area contributed by atoms with Crippen molar-refractivity contribution in [1.29, 1.82) is 0 Å². The van der Waals surface area contributed by atoms with E-state index < -0.39 is 0 Å². The number of hydrogen-bond donors (Lipinski definition) is 1. The Morgan fingerprint density at radius 1 is 1.06 bits per heavy atom. The maximum absolute atomic E-state index is 13.2.